The van der Waals surface area contributed by atoms with Gasteiger partial charge in [0.15, 0.2) is 0 Å². The fourth-order valence-corrected chi connectivity index (χ4v) is 5.00. The third-order valence-corrected chi connectivity index (χ3v) is 6.73. The van der Waals surface area contributed by atoms with Crippen LogP contribution in [0.1, 0.15) is 43.7 Å². The SMILES string of the molecule is COc1ccc2c(C)c(CCC(=O)N3CC[C@H](N4CCCC4)[C@@H]3C)c(=O)oc2c1. The Bertz CT molecular complexity index is 961. The number of methoxy groups -OCH3 is 1. The van der Waals surface area contributed by atoms with E-state index >= 15 is 0 Å². The molecule has 0 bridgehead atoms. The second kappa shape index (κ2) is 8.19. The van der Waals surface area contributed by atoms with Crippen LogP contribution in [0.15, 0.2) is 27.4 Å². The molecule has 2 saturated heterocycles. The lowest BCUT2D eigenvalue weighted by Crippen LogP contribution is -2.44. The first-order chi connectivity index (χ1) is 14.0. The van der Waals surface area contributed by atoms with Crippen molar-refractivity contribution in [3.63, 3.8) is 0 Å². The minimum Gasteiger partial charge on any atom is -0.497 e. The van der Waals surface area contributed by atoms with Crippen LogP contribution in [0.5, 0.6) is 5.75 Å². The van der Waals surface area contributed by atoms with Gasteiger partial charge in [-0.15, -0.1) is 0 Å². The molecule has 1 aromatic carbocycles. The van der Waals surface area contributed by atoms with E-state index in [0.29, 0.717) is 35.8 Å². The van der Waals surface area contributed by atoms with Crippen LogP contribution >= 0.6 is 0 Å². The molecule has 156 valence electrons. The summed E-state index contributed by atoms with van der Waals surface area (Å²) >= 11 is 0. The summed E-state index contributed by atoms with van der Waals surface area (Å²) in [6.07, 6.45) is 4.32. The van der Waals surface area contributed by atoms with Crippen molar-refractivity contribution < 1.29 is 13.9 Å². The van der Waals surface area contributed by atoms with E-state index in [9.17, 15) is 9.59 Å². The number of rotatable bonds is 5. The Kier molecular flexibility index (Phi) is 5.63. The molecule has 0 N–H and O–H groups in total. The average Bonchev–Trinajstić information content (AvgIpc) is 3.36. The molecule has 0 aliphatic carbocycles. The van der Waals surface area contributed by atoms with Gasteiger partial charge in [0.2, 0.25) is 5.91 Å². The molecular weight excluding hydrogens is 368 g/mol. The van der Waals surface area contributed by atoms with Gasteiger partial charge in [0.25, 0.3) is 0 Å². The highest BCUT2D eigenvalue weighted by Crippen LogP contribution is 2.28. The van der Waals surface area contributed by atoms with Crippen molar-refractivity contribution >= 4 is 16.9 Å². The van der Waals surface area contributed by atoms with E-state index in [2.05, 4.69) is 11.8 Å². The van der Waals surface area contributed by atoms with Crippen molar-refractivity contribution in [1.82, 2.24) is 9.80 Å². The lowest BCUT2D eigenvalue weighted by atomic mass is 10.0. The van der Waals surface area contributed by atoms with E-state index in [1.807, 2.05) is 24.0 Å². The van der Waals surface area contributed by atoms with Crippen LogP contribution in [0.2, 0.25) is 0 Å². The molecule has 1 aromatic heterocycles. The van der Waals surface area contributed by atoms with Crippen LogP contribution in [0.3, 0.4) is 0 Å². The highest BCUT2D eigenvalue weighted by molar-refractivity contribution is 5.83. The number of amides is 1. The predicted molar refractivity (Wildman–Crippen MR) is 112 cm³/mol. The fraction of sp³-hybridized carbons (Fsp3) is 0.565. The zero-order valence-electron chi connectivity index (χ0n) is 17.6. The normalized spacial score (nSPS) is 22.5. The lowest BCUT2D eigenvalue weighted by molar-refractivity contribution is -0.132. The highest BCUT2D eigenvalue weighted by Gasteiger charge is 2.37. The Morgan fingerprint density at radius 3 is 2.72 bits per heavy atom. The van der Waals surface area contributed by atoms with Gasteiger partial charge in [-0.05, 0) is 70.3 Å². The van der Waals surface area contributed by atoms with Crippen molar-refractivity contribution in [2.24, 2.45) is 0 Å². The first kappa shape index (κ1) is 20.0. The lowest BCUT2D eigenvalue weighted by Gasteiger charge is -2.30. The number of likely N-dealkylation sites (tertiary alicyclic amines) is 2. The third-order valence-electron chi connectivity index (χ3n) is 6.73. The van der Waals surface area contributed by atoms with Gasteiger partial charge in [0.1, 0.15) is 11.3 Å². The maximum absolute atomic E-state index is 12.9. The number of carbonyl (C=O) groups is 1. The van der Waals surface area contributed by atoms with Crippen molar-refractivity contribution in [2.45, 2.75) is 58.0 Å². The summed E-state index contributed by atoms with van der Waals surface area (Å²) in [4.78, 5) is 30.0. The largest absolute Gasteiger partial charge is 0.497 e. The second-order valence-electron chi connectivity index (χ2n) is 8.28. The molecule has 2 aromatic rings. The molecule has 1 amide bonds. The molecule has 6 heteroatoms. The van der Waals surface area contributed by atoms with Crippen LogP contribution in [0, 0.1) is 6.92 Å². The Morgan fingerprint density at radius 1 is 1.24 bits per heavy atom. The molecule has 2 fully saturated rings. The summed E-state index contributed by atoms with van der Waals surface area (Å²) in [5, 5.41) is 0.886. The first-order valence-electron chi connectivity index (χ1n) is 10.6. The molecule has 29 heavy (non-hydrogen) atoms. The van der Waals surface area contributed by atoms with Gasteiger partial charge in [-0.3, -0.25) is 9.69 Å². The monoisotopic (exact) mass is 398 g/mol. The van der Waals surface area contributed by atoms with Gasteiger partial charge in [-0.2, -0.15) is 0 Å². The Morgan fingerprint density at radius 2 is 2.00 bits per heavy atom. The zero-order valence-corrected chi connectivity index (χ0v) is 17.6. The summed E-state index contributed by atoms with van der Waals surface area (Å²) < 4.78 is 10.7. The molecule has 6 nitrogen and oxygen atoms in total. The molecule has 0 spiro atoms. The van der Waals surface area contributed by atoms with E-state index in [0.717, 1.165) is 37.0 Å². The van der Waals surface area contributed by atoms with Crippen molar-refractivity contribution in [3.8, 4) is 5.75 Å². The van der Waals surface area contributed by atoms with Gasteiger partial charge < -0.3 is 14.1 Å². The molecule has 4 rings (SSSR count). The van der Waals surface area contributed by atoms with E-state index in [4.69, 9.17) is 9.15 Å². The number of hydrogen-bond acceptors (Lipinski definition) is 5. The quantitative estimate of drug-likeness (QED) is 0.724. The van der Waals surface area contributed by atoms with Crippen molar-refractivity contribution in [3.05, 3.63) is 39.7 Å². The fourth-order valence-electron chi connectivity index (χ4n) is 5.00. The highest BCUT2D eigenvalue weighted by atomic mass is 16.5. The number of ether oxygens (including phenoxy) is 1. The van der Waals surface area contributed by atoms with E-state index in [1.54, 1.807) is 13.2 Å². The van der Waals surface area contributed by atoms with Crippen molar-refractivity contribution in [1.29, 1.82) is 0 Å². The maximum atomic E-state index is 12.9. The van der Waals surface area contributed by atoms with Gasteiger partial charge >= 0.3 is 5.63 Å². The Hall–Kier alpha value is -2.34. The second-order valence-corrected chi connectivity index (χ2v) is 8.28. The van der Waals surface area contributed by atoms with Crippen LogP contribution in [0.25, 0.3) is 11.0 Å². The smallest absolute Gasteiger partial charge is 0.339 e. The van der Waals surface area contributed by atoms with Gasteiger partial charge in [0, 0.05) is 42.1 Å². The molecule has 0 saturated carbocycles. The topological polar surface area (TPSA) is 63.0 Å². The van der Waals surface area contributed by atoms with Crippen LogP contribution in [-0.4, -0.2) is 54.5 Å². The Labute approximate surface area is 171 Å². The standard InChI is InChI=1S/C23H30N2O4/c1-15-18-7-6-17(28-3)14-21(18)29-23(27)19(15)8-9-22(26)25-13-10-20(16(25)2)24-11-4-5-12-24/h6-7,14,16,20H,4-5,8-13H2,1-3H3/t16-,20-/m0/s1. The van der Waals surface area contributed by atoms with Gasteiger partial charge in [0.05, 0.1) is 7.11 Å². The number of aryl methyl sites for hydroxylation is 1. The molecule has 2 aliphatic heterocycles. The summed E-state index contributed by atoms with van der Waals surface area (Å²) in [6, 6.07) is 6.20. The van der Waals surface area contributed by atoms with E-state index in [-0.39, 0.29) is 17.6 Å². The summed E-state index contributed by atoms with van der Waals surface area (Å²) in [5.74, 6) is 0.784. The molecule has 0 radical (unpaired) electrons. The van der Waals surface area contributed by atoms with Gasteiger partial charge in [-0.1, -0.05) is 0 Å². The number of benzene rings is 1. The number of hydrogen-bond donors (Lipinski definition) is 0. The number of carbonyl (C=O) groups excluding carboxylic acids is 1. The molecule has 0 unspecified atom stereocenters. The minimum absolute atomic E-state index is 0.132. The maximum Gasteiger partial charge on any atom is 0.339 e. The zero-order chi connectivity index (χ0) is 20.5. The summed E-state index contributed by atoms with van der Waals surface area (Å²) in [7, 11) is 1.58. The summed E-state index contributed by atoms with van der Waals surface area (Å²) in [5.41, 5.74) is 1.64. The van der Waals surface area contributed by atoms with Crippen molar-refractivity contribution in [2.75, 3.05) is 26.7 Å². The van der Waals surface area contributed by atoms with Gasteiger partial charge in [-0.25, -0.2) is 4.79 Å². The average molecular weight is 399 g/mol. The number of nitrogens with zero attached hydrogens (tertiary/aromatic N) is 2. The van der Waals surface area contributed by atoms with E-state index < -0.39 is 0 Å². The predicted octanol–water partition coefficient (Wildman–Crippen LogP) is 3.13. The van der Waals surface area contributed by atoms with Crippen LogP contribution in [-0.2, 0) is 11.2 Å². The van der Waals surface area contributed by atoms with E-state index in [1.165, 1.54) is 12.8 Å². The minimum atomic E-state index is -0.361. The number of fused-ring (bicyclic) bond motifs is 1. The molecular formula is C23H30N2O4. The molecule has 2 atom stereocenters. The Balaban J connectivity index is 1.46. The van der Waals surface area contributed by atoms with Crippen LogP contribution < -0.4 is 10.4 Å². The summed E-state index contributed by atoms with van der Waals surface area (Å²) in [6.45, 7) is 7.20. The first-order valence-corrected chi connectivity index (χ1v) is 10.6. The molecule has 3 heterocycles. The van der Waals surface area contributed by atoms with Crippen LogP contribution in [0.4, 0.5) is 0 Å². The molecule has 2 aliphatic rings. The third kappa shape index (κ3) is 3.78.